The molecule has 0 aromatic heterocycles. The molecular weight excluding hydrogens is 209 g/mol. The van der Waals surface area contributed by atoms with Gasteiger partial charge >= 0.3 is 6.36 Å². The minimum atomic E-state index is -4.62. The molecule has 0 fully saturated rings. The molecule has 0 amide bonds. The van der Waals surface area contributed by atoms with Crippen LogP contribution in [0.1, 0.15) is 6.42 Å². The van der Waals surface area contributed by atoms with Gasteiger partial charge in [-0.3, -0.25) is 4.74 Å². The number of rotatable bonds is 3. The highest BCUT2D eigenvalue weighted by molar-refractivity contribution is 5.25. The van der Waals surface area contributed by atoms with Crippen LogP contribution in [0.25, 0.3) is 0 Å². The Bertz CT molecular complexity index is 275. The van der Waals surface area contributed by atoms with E-state index in [2.05, 4.69) is 4.74 Å². The van der Waals surface area contributed by atoms with Crippen LogP contribution >= 0.6 is 0 Å². The van der Waals surface area contributed by atoms with Crippen molar-refractivity contribution in [3.8, 4) is 0 Å². The molecule has 0 aromatic rings. The molecule has 0 spiro atoms. The molecule has 1 rings (SSSR count). The van der Waals surface area contributed by atoms with Crippen LogP contribution in [0.5, 0.6) is 0 Å². The summed E-state index contributed by atoms with van der Waals surface area (Å²) in [5.74, 6) is 0. The van der Waals surface area contributed by atoms with Crippen LogP contribution in [-0.2, 0) is 4.74 Å². The topological polar surface area (TPSA) is 61.3 Å². The Balaban J connectivity index is 2.44. The normalized spacial score (nSPS) is 30.9. The van der Waals surface area contributed by atoms with E-state index in [4.69, 9.17) is 11.5 Å². The second-order valence-electron chi connectivity index (χ2n) is 3.43. The van der Waals surface area contributed by atoms with Crippen molar-refractivity contribution in [2.75, 3.05) is 6.61 Å². The Morgan fingerprint density at radius 2 is 2.00 bits per heavy atom. The van der Waals surface area contributed by atoms with E-state index in [1.807, 2.05) is 0 Å². The quantitative estimate of drug-likeness (QED) is 0.750. The van der Waals surface area contributed by atoms with Crippen molar-refractivity contribution in [1.29, 1.82) is 0 Å². The minimum Gasteiger partial charge on any atom is -0.323 e. The molecule has 0 aromatic carbocycles. The van der Waals surface area contributed by atoms with Crippen LogP contribution < -0.4 is 11.5 Å². The van der Waals surface area contributed by atoms with Crippen molar-refractivity contribution < 1.29 is 17.9 Å². The first-order chi connectivity index (χ1) is 6.83. The summed E-state index contributed by atoms with van der Waals surface area (Å²) in [7, 11) is 0. The first-order valence-corrected chi connectivity index (χ1v) is 4.45. The summed E-state index contributed by atoms with van der Waals surface area (Å²) in [6.45, 7) is -0.494. The number of allylic oxidation sites excluding steroid dienone is 2. The number of nitrogens with two attached hydrogens (primary N) is 2. The Labute approximate surface area is 85.6 Å². The summed E-state index contributed by atoms with van der Waals surface area (Å²) in [5, 5.41) is 0. The summed E-state index contributed by atoms with van der Waals surface area (Å²) < 4.78 is 38.8. The molecule has 3 nitrogen and oxygen atoms in total. The summed E-state index contributed by atoms with van der Waals surface area (Å²) in [6, 6.07) is -0.487. The maximum atomic E-state index is 11.7. The number of alkyl halides is 3. The Hall–Kier alpha value is -0.850. The van der Waals surface area contributed by atoms with E-state index in [0.29, 0.717) is 0 Å². The lowest BCUT2D eigenvalue weighted by Crippen LogP contribution is -2.54. The molecular formula is C9H13F3N2O. The lowest BCUT2D eigenvalue weighted by atomic mass is 9.85. The number of hydrogen-bond donors (Lipinski definition) is 2. The molecule has 0 radical (unpaired) electrons. The zero-order chi connectivity index (χ0) is 11.5. The van der Waals surface area contributed by atoms with Gasteiger partial charge in [0.2, 0.25) is 0 Å². The molecule has 6 heteroatoms. The highest BCUT2D eigenvalue weighted by atomic mass is 19.4. The number of ether oxygens (including phenoxy) is 1. The molecule has 86 valence electrons. The fourth-order valence-corrected chi connectivity index (χ4v) is 1.30. The lowest BCUT2D eigenvalue weighted by Gasteiger charge is -2.32. The first kappa shape index (κ1) is 12.2. The predicted molar refractivity (Wildman–Crippen MR) is 49.8 cm³/mol. The van der Waals surface area contributed by atoms with E-state index in [9.17, 15) is 13.2 Å². The van der Waals surface area contributed by atoms with Crippen molar-refractivity contribution in [2.24, 2.45) is 11.5 Å². The van der Waals surface area contributed by atoms with Crippen LogP contribution in [0, 0.1) is 0 Å². The van der Waals surface area contributed by atoms with Crippen molar-refractivity contribution >= 4 is 0 Å². The molecule has 0 saturated heterocycles. The average molecular weight is 222 g/mol. The third-order valence-electron chi connectivity index (χ3n) is 2.26. The second-order valence-corrected chi connectivity index (χ2v) is 3.43. The zero-order valence-electron chi connectivity index (χ0n) is 8.00. The van der Waals surface area contributed by atoms with E-state index in [0.717, 1.165) is 0 Å². The van der Waals surface area contributed by atoms with Gasteiger partial charge in [0.25, 0.3) is 0 Å². The highest BCUT2D eigenvalue weighted by Crippen LogP contribution is 2.21. The summed E-state index contributed by atoms with van der Waals surface area (Å²) in [6.07, 6.45) is 2.02. The fourth-order valence-electron chi connectivity index (χ4n) is 1.30. The second kappa shape index (κ2) is 4.34. The van der Waals surface area contributed by atoms with Crippen molar-refractivity contribution in [2.45, 2.75) is 24.4 Å². The number of halogens is 3. The van der Waals surface area contributed by atoms with Crippen LogP contribution in [0.4, 0.5) is 13.2 Å². The Morgan fingerprint density at radius 1 is 1.33 bits per heavy atom. The standard InChI is InChI=1S/C9H13F3N2O/c10-9(11,12)15-6-5-8(14)4-2-1-3-7(8)13/h1-4,7H,5-6,13-14H2. The smallest absolute Gasteiger partial charge is 0.323 e. The van der Waals surface area contributed by atoms with Gasteiger partial charge in [0.1, 0.15) is 0 Å². The largest absolute Gasteiger partial charge is 0.522 e. The van der Waals surface area contributed by atoms with Gasteiger partial charge in [-0.05, 0) is 6.42 Å². The Kier molecular flexibility index (Phi) is 3.54. The molecule has 0 bridgehead atoms. The third-order valence-corrected chi connectivity index (χ3v) is 2.26. The van der Waals surface area contributed by atoms with E-state index < -0.39 is 24.6 Å². The summed E-state index contributed by atoms with van der Waals surface area (Å²) >= 11 is 0. The average Bonchev–Trinajstić information content (AvgIpc) is 2.08. The van der Waals surface area contributed by atoms with E-state index >= 15 is 0 Å². The van der Waals surface area contributed by atoms with Crippen LogP contribution in [0.15, 0.2) is 24.3 Å². The van der Waals surface area contributed by atoms with Gasteiger partial charge in [-0.1, -0.05) is 24.3 Å². The van der Waals surface area contributed by atoms with Crippen LogP contribution in [0.3, 0.4) is 0 Å². The van der Waals surface area contributed by atoms with E-state index in [1.165, 1.54) is 0 Å². The zero-order valence-corrected chi connectivity index (χ0v) is 8.00. The summed E-state index contributed by atoms with van der Waals surface area (Å²) in [5.41, 5.74) is 10.5. The maximum absolute atomic E-state index is 11.7. The minimum absolute atomic E-state index is 0.0223. The molecule has 0 saturated carbocycles. The molecule has 1 aliphatic carbocycles. The molecule has 0 heterocycles. The van der Waals surface area contributed by atoms with Gasteiger partial charge in [0.05, 0.1) is 12.1 Å². The maximum Gasteiger partial charge on any atom is 0.522 e. The van der Waals surface area contributed by atoms with Crippen LogP contribution in [0.2, 0.25) is 0 Å². The van der Waals surface area contributed by atoms with Crippen molar-refractivity contribution in [3.05, 3.63) is 24.3 Å². The molecule has 2 unspecified atom stereocenters. The van der Waals surface area contributed by atoms with E-state index in [-0.39, 0.29) is 6.42 Å². The number of hydrogen-bond acceptors (Lipinski definition) is 3. The lowest BCUT2D eigenvalue weighted by molar-refractivity contribution is -0.325. The highest BCUT2D eigenvalue weighted by Gasteiger charge is 2.33. The predicted octanol–water partition coefficient (Wildman–Crippen LogP) is 1.06. The van der Waals surface area contributed by atoms with Crippen molar-refractivity contribution in [3.63, 3.8) is 0 Å². The van der Waals surface area contributed by atoms with Gasteiger partial charge < -0.3 is 11.5 Å². The Morgan fingerprint density at radius 3 is 2.53 bits per heavy atom. The van der Waals surface area contributed by atoms with Gasteiger partial charge in [-0.25, -0.2) is 0 Å². The molecule has 1 aliphatic rings. The summed E-state index contributed by atoms with van der Waals surface area (Å²) in [4.78, 5) is 0. The first-order valence-electron chi connectivity index (χ1n) is 4.45. The molecule has 0 aliphatic heterocycles. The SMILES string of the molecule is NC1C=CC=CC1(N)CCOC(F)(F)F. The third kappa shape index (κ3) is 3.65. The molecule has 15 heavy (non-hydrogen) atoms. The van der Waals surface area contributed by atoms with Gasteiger partial charge in [-0.2, -0.15) is 0 Å². The molecule has 4 N–H and O–H groups in total. The van der Waals surface area contributed by atoms with E-state index in [1.54, 1.807) is 24.3 Å². The van der Waals surface area contributed by atoms with Gasteiger partial charge in [0.15, 0.2) is 0 Å². The van der Waals surface area contributed by atoms with Crippen LogP contribution in [-0.4, -0.2) is 24.6 Å². The molecule has 2 atom stereocenters. The fraction of sp³-hybridized carbons (Fsp3) is 0.556. The van der Waals surface area contributed by atoms with Crippen molar-refractivity contribution in [1.82, 2.24) is 0 Å². The monoisotopic (exact) mass is 222 g/mol. The van der Waals surface area contributed by atoms with Gasteiger partial charge in [-0.15, -0.1) is 13.2 Å². The van der Waals surface area contributed by atoms with Gasteiger partial charge in [0, 0.05) is 6.04 Å².